The van der Waals surface area contributed by atoms with Crippen molar-refractivity contribution in [3.8, 4) is 0 Å². The van der Waals surface area contributed by atoms with Crippen LogP contribution in [0.4, 0.5) is 0 Å². The van der Waals surface area contributed by atoms with Gasteiger partial charge >= 0.3 is 5.97 Å². The van der Waals surface area contributed by atoms with Crippen molar-refractivity contribution in [1.82, 2.24) is 5.32 Å². The molecule has 0 spiro atoms. The van der Waals surface area contributed by atoms with Crippen LogP contribution in [0.1, 0.15) is 30.5 Å². The van der Waals surface area contributed by atoms with Gasteiger partial charge in [0.2, 0.25) is 5.91 Å². The van der Waals surface area contributed by atoms with Crippen molar-refractivity contribution in [1.29, 1.82) is 0 Å². The number of benzene rings is 1. The predicted octanol–water partition coefficient (Wildman–Crippen LogP) is 2.20. The molecule has 1 unspecified atom stereocenters. The monoisotopic (exact) mass is 247 g/mol. The van der Waals surface area contributed by atoms with E-state index < -0.39 is 11.9 Å². The fourth-order valence-electron chi connectivity index (χ4n) is 1.59. The maximum Gasteiger partial charge on any atom is 0.328 e. The van der Waals surface area contributed by atoms with E-state index in [2.05, 4.69) is 5.32 Å². The molecule has 0 fully saturated rings. The molecule has 96 valence electrons. The zero-order chi connectivity index (χ0) is 13.5. The Balaban J connectivity index is 2.70. The van der Waals surface area contributed by atoms with Gasteiger partial charge in [-0.15, -0.1) is 0 Å². The molecule has 1 aromatic carbocycles. The summed E-state index contributed by atoms with van der Waals surface area (Å²) in [5, 5.41) is 11.2. The second kappa shape index (κ2) is 6.59. The topological polar surface area (TPSA) is 66.4 Å². The van der Waals surface area contributed by atoms with E-state index >= 15 is 0 Å². The number of rotatable bonds is 5. The molecule has 2 N–H and O–H groups in total. The Morgan fingerprint density at radius 2 is 1.89 bits per heavy atom. The highest BCUT2D eigenvalue weighted by molar-refractivity contribution is 5.94. The molecule has 0 aliphatic heterocycles. The van der Waals surface area contributed by atoms with E-state index in [4.69, 9.17) is 5.11 Å². The molecule has 0 saturated heterocycles. The van der Waals surface area contributed by atoms with E-state index in [0.717, 1.165) is 29.7 Å². The Labute approximate surface area is 106 Å². The second-order valence-electron chi connectivity index (χ2n) is 4.05. The maximum absolute atomic E-state index is 11.5. The predicted molar refractivity (Wildman–Crippen MR) is 69.1 cm³/mol. The van der Waals surface area contributed by atoms with E-state index in [-0.39, 0.29) is 6.04 Å². The van der Waals surface area contributed by atoms with Gasteiger partial charge in [-0.2, -0.15) is 0 Å². The molecule has 1 rings (SSSR count). The van der Waals surface area contributed by atoms with Gasteiger partial charge in [-0.05, 0) is 18.9 Å². The molecule has 1 aromatic rings. The molecule has 1 amide bonds. The minimum atomic E-state index is -1.13. The standard InChI is InChI=1S/C14H17NO3/c1-3-12(11-6-4-10(2)5-7-11)15-13(16)8-9-14(17)18/h4-9,12H,3H2,1-2H3,(H,15,16)(H,17,18)/b9-8+. The van der Waals surface area contributed by atoms with Crippen molar-refractivity contribution in [2.75, 3.05) is 0 Å². The third-order valence-electron chi connectivity index (χ3n) is 2.58. The number of carbonyl (C=O) groups excluding carboxylic acids is 1. The lowest BCUT2D eigenvalue weighted by atomic mass is 10.0. The van der Waals surface area contributed by atoms with E-state index in [0.29, 0.717) is 0 Å². The van der Waals surface area contributed by atoms with E-state index in [1.807, 2.05) is 38.1 Å². The maximum atomic E-state index is 11.5. The molecule has 0 heterocycles. The summed E-state index contributed by atoms with van der Waals surface area (Å²) < 4.78 is 0. The number of aryl methyl sites for hydroxylation is 1. The number of nitrogens with one attached hydrogen (secondary N) is 1. The van der Waals surface area contributed by atoms with Gasteiger partial charge < -0.3 is 10.4 Å². The van der Waals surface area contributed by atoms with Crippen LogP contribution in [0.15, 0.2) is 36.4 Å². The van der Waals surface area contributed by atoms with Crippen molar-refractivity contribution in [2.24, 2.45) is 0 Å². The minimum Gasteiger partial charge on any atom is -0.478 e. The van der Waals surface area contributed by atoms with Crippen molar-refractivity contribution in [3.05, 3.63) is 47.5 Å². The third-order valence-corrected chi connectivity index (χ3v) is 2.58. The summed E-state index contributed by atoms with van der Waals surface area (Å²) in [6.45, 7) is 3.96. The lowest BCUT2D eigenvalue weighted by Crippen LogP contribution is -2.26. The summed E-state index contributed by atoms with van der Waals surface area (Å²) in [5.74, 6) is -1.53. The molecule has 1 atom stereocenters. The average molecular weight is 247 g/mol. The Morgan fingerprint density at radius 1 is 1.28 bits per heavy atom. The van der Waals surface area contributed by atoms with Crippen LogP contribution in [0, 0.1) is 6.92 Å². The highest BCUT2D eigenvalue weighted by Crippen LogP contribution is 2.16. The van der Waals surface area contributed by atoms with E-state index in [1.165, 1.54) is 0 Å². The largest absolute Gasteiger partial charge is 0.478 e. The molecule has 18 heavy (non-hydrogen) atoms. The first-order chi connectivity index (χ1) is 8.52. The Hall–Kier alpha value is -2.10. The van der Waals surface area contributed by atoms with Crippen molar-refractivity contribution in [3.63, 3.8) is 0 Å². The van der Waals surface area contributed by atoms with Crippen LogP contribution in [0.5, 0.6) is 0 Å². The molecule has 0 bridgehead atoms. The van der Waals surface area contributed by atoms with Gasteiger partial charge in [0.1, 0.15) is 0 Å². The molecule has 0 radical (unpaired) electrons. The molecular formula is C14H17NO3. The Bertz CT molecular complexity index is 449. The average Bonchev–Trinajstić information content (AvgIpc) is 2.34. The van der Waals surface area contributed by atoms with Crippen LogP contribution >= 0.6 is 0 Å². The lowest BCUT2D eigenvalue weighted by molar-refractivity contribution is -0.131. The number of carbonyl (C=O) groups is 2. The fourth-order valence-corrected chi connectivity index (χ4v) is 1.59. The summed E-state index contributed by atoms with van der Waals surface area (Å²) in [7, 11) is 0. The molecule has 0 aromatic heterocycles. The number of carboxylic acids is 1. The number of aliphatic carboxylic acids is 1. The number of carboxylic acid groups (broad SMARTS) is 1. The summed E-state index contributed by atoms with van der Waals surface area (Å²) in [4.78, 5) is 21.8. The zero-order valence-electron chi connectivity index (χ0n) is 10.5. The van der Waals surface area contributed by atoms with Crippen LogP contribution in [-0.2, 0) is 9.59 Å². The molecule has 0 aliphatic rings. The van der Waals surface area contributed by atoms with Crippen LogP contribution < -0.4 is 5.32 Å². The molecule has 0 aliphatic carbocycles. The van der Waals surface area contributed by atoms with Crippen LogP contribution in [0.25, 0.3) is 0 Å². The third kappa shape index (κ3) is 4.41. The second-order valence-corrected chi connectivity index (χ2v) is 4.05. The van der Waals surface area contributed by atoms with Gasteiger partial charge in [0.25, 0.3) is 0 Å². The molecule has 4 heteroatoms. The Kier molecular flexibility index (Phi) is 5.11. The SMILES string of the molecule is CCC(NC(=O)/C=C/C(=O)O)c1ccc(C)cc1. The van der Waals surface area contributed by atoms with Crippen molar-refractivity contribution < 1.29 is 14.7 Å². The van der Waals surface area contributed by atoms with Crippen molar-refractivity contribution in [2.45, 2.75) is 26.3 Å². The van der Waals surface area contributed by atoms with Gasteiger partial charge in [-0.1, -0.05) is 36.8 Å². The highest BCUT2D eigenvalue weighted by atomic mass is 16.4. The fraction of sp³-hybridized carbons (Fsp3) is 0.286. The van der Waals surface area contributed by atoms with Crippen LogP contribution in [-0.4, -0.2) is 17.0 Å². The molecular weight excluding hydrogens is 230 g/mol. The summed E-state index contributed by atoms with van der Waals surface area (Å²) in [5.41, 5.74) is 2.17. The van der Waals surface area contributed by atoms with Gasteiger partial charge in [-0.25, -0.2) is 4.79 Å². The normalized spacial score (nSPS) is 12.3. The van der Waals surface area contributed by atoms with Crippen LogP contribution in [0.3, 0.4) is 0 Å². The van der Waals surface area contributed by atoms with E-state index in [1.54, 1.807) is 0 Å². The van der Waals surface area contributed by atoms with Crippen LogP contribution in [0.2, 0.25) is 0 Å². The first-order valence-electron chi connectivity index (χ1n) is 5.81. The summed E-state index contributed by atoms with van der Waals surface area (Å²) >= 11 is 0. The molecule has 0 saturated carbocycles. The van der Waals surface area contributed by atoms with Gasteiger partial charge in [-0.3, -0.25) is 4.79 Å². The number of hydrogen-bond acceptors (Lipinski definition) is 2. The first-order valence-corrected chi connectivity index (χ1v) is 5.81. The minimum absolute atomic E-state index is 0.100. The zero-order valence-corrected chi connectivity index (χ0v) is 10.5. The molecule has 4 nitrogen and oxygen atoms in total. The quantitative estimate of drug-likeness (QED) is 0.784. The van der Waals surface area contributed by atoms with Gasteiger partial charge in [0.05, 0.1) is 6.04 Å². The number of amides is 1. The van der Waals surface area contributed by atoms with Gasteiger partial charge in [0, 0.05) is 12.2 Å². The van der Waals surface area contributed by atoms with E-state index in [9.17, 15) is 9.59 Å². The first kappa shape index (κ1) is 14.0. The smallest absolute Gasteiger partial charge is 0.328 e. The summed E-state index contributed by atoms with van der Waals surface area (Å²) in [6.07, 6.45) is 2.60. The van der Waals surface area contributed by atoms with Crippen molar-refractivity contribution >= 4 is 11.9 Å². The number of hydrogen-bond donors (Lipinski definition) is 2. The summed E-state index contributed by atoms with van der Waals surface area (Å²) in [6, 6.07) is 7.79. The van der Waals surface area contributed by atoms with Gasteiger partial charge in [0.15, 0.2) is 0 Å². The lowest BCUT2D eigenvalue weighted by Gasteiger charge is -2.16. The Morgan fingerprint density at radius 3 is 2.39 bits per heavy atom. The highest BCUT2D eigenvalue weighted by Gasteiger charge is 2.10.